The lowest BCUT2D eigenvalue weighted by Gasteiger charge is -2.15. The number of carbonyl (C=O) groups excluding carboxylic acids is 2. The molecule has 0 aromatic heterocycles. The largest absolute Gasteiger partial charge is 0.462 e. The van der Waals surface area contributed by atoms with Crippen LogP contribution in [0.15, 0.2) is 97.2 Å². The molecule has 0 heterocycles. The van der Waals surface area contributed by atoms with Gasteiger partial charge in [-0.15, -0.1) is 0 Å². The van der Waals surface area contributed by atoms with Gasteiger partial charge in [0.15, 0.2) is 6.10 Å². The molecule has 0 aromatic rings. The molecule has 1 N–H and O–H groups in total. The fourth-order valence-corrected chi connectivity index (χ4v) is 5.18. The molecular formula is C47H76O5. The number of aliphatic hydroxyl groups excluding tert-OH is 1. The fraction of sp³-hybridized carbons (Fsp3) is 0.617. The highest BCUT2D eigenvalue weighted by Gasteiger charge is 2.15. The van der Waals surface area contributed by atoms with Gasteiger partial charge in [0.1, 0.15) is 6.61 Å². The number of hydrogen-bond acceptors (Lipinski definition) is 5. The van der Waals surface area contributed by atoms with E-state index >= 15 is 0 Å². The van der Waals surface area contributed by atoms with Crippen LogP contribution in [0, 0.1) is 0 Å². The Hall–Kier alpha value is -3.18. The normalized spacial score (nSPS) is 13.2. The van der Waals surface area contributed by atoms with Crippen LogP contribution >= 0.6 is 0 Å². The second-order valence-corrected chi connectivity index (χ2v) is 13.4. The highest BCUT2D eigenvalue weighted by atomic mass is 16.6. The maximum atomic E-state index is 12.2. The average molecular weight is 721 g/mol. The van der Waals surface area contributed by atoms with E-state index in [1.54, 1.807) is 0 Å². The van der Waals surface area contributed by atoms with E-state index in [9.17, 15) is 14.7 Å². The van der Waals surface area contributed by atoms with Crippen molar-refractivity contribution in [1.29, 1.82) is 0 Å². The summed E-state index contributed by atoms with van der Waals surface area (Å²) >= 11 is 0. The summed E-state index contributed by atoms with van der Waals surface area (Å²) in [6.07, 6.45) is 59.1. The Balaban J connectivity index is 3.77. The quantitative estimate of drug-likeness (QED) is 0.0396. The Morgan fingerprint density at radius 2 is 0.769 bits per heavy atom. The van der Waals surface area contributed by atoms with Gasteiger partial charge in [-0.05, 0) is 89.9 Å². The van der Waals surface area contributed by atoms with Gasteiger partial charge < -0.3 is 14.6 Å². The minimum Gasteiger partial charge on any atom is -0.462 e. The third kappa shape index (κ3) is 39.6. The average Bonchev–Trinajstić information content (AvgIpc) is 3.15. The van der Waals surface area contributed by atoms with Crippen molar-refractivity contribution in [2.24, 2.45) is 0 Å². The molecule has 0 unspecified atom stereocenters. The third-order valence-corrected chi connectivity index (χ3v) is 8.35. The summed E-state index contributed by atoms with van der Waals surface area (Å²) in [7, 11) is 0. The molecular weight excluding hydrogens is 645 g/mol. The first-order valence-electron chi connectivity index (χ1n) is 20.8. The van der Waals surface area contributed by atoms with Crippen molar-refractivity contribution in [2.45, 2.75) is 174 Å². The van der Waals surface area contributed by atoms with Crippen LogP contribution in [0.5, 0.6) is 0 Å². The number of allylic oxidation sites excluding steroid dienone is 16. The number of aliphatic hydroxyl groups is 1. The molecule has 0 aliphatic heterocycles. The van der Waals surface area contributed by atoms with E-state index in [1.165, 1.54) is 77.0 Å². The maximum absolute atomic E-state index is 12.2. The van der Waals surface area contributed by atoms with Crippen LogP contribution in [-0.4, -0.2) is 36.4 Å². The predicted octanol–water partition coefficient (Wildman–Crippen LogP) is 13.3. The molecule has 0 spiro atoms. The zero-order chi connectivity index (χ0) is 37.8. The van der Waals surface area contributed by atoms with Crippen LogP contribution in [-0.2, 0) is 19.1 Å². The van der Waals surface area contributed by atoms with Gasteiger partial charge in [-0.2, -0.15) is 0 Å². The van der Waals surface area contributed by atoms with Crippen molar-refractivity contribution in [2.75, 3.05) is 13.2 Å². The van der Waals surface area contributed by atoms with Gasteiger partial charge in [-0.25, -0.2) is 0 Å². The standard InChI is InChI=1S/C47H76O5/c1-3-5-7-9-11-13-15-17-19-21-22-23-24-26-28-30-32-34-36-38-40-42-47(50)52-45(43-48)44-51-46(49)41-39-37-35-33-31-29-27-25-20-18-16-14-12-10-8-6-4-2/h12,14,18-21,23-24,27-30,33-36,45,48H,3-11,13,15-17,22,25-26,31-32,37-44H2,1-2H3/b14-12+,20-18+,21-19+,24-23+,29-27+,30-28+,35-33+,36-34+/t45-/m0/s1. The number of hydrogen-bond donors (Lipinski definition) is 1. The summed E-state index contributed by atoms with van der Waals surface area (Å²) in [6, 6.07) is 0. The molecule has 0 bridgehead atoms. The monoisotopic (exact) mass is 721 g/mol. The molecule has 0 fully saturated rings. The third-order valence-electron chi connectivity index (χ3n) is 8.35. The summed E-state index contributed by atoms with van der Waals surface area (Å²) in [5.74, 6) is -0.731. The van der Waals surface area contributed by atoms with Crippen LogP contribution in [0.2, 0.25) is 0 Å². The van der Waals surface area contributed by atoms with E-state index in [0.29, 0.717) is 19.3 Å². The van der Waals surface area contributed by atoms with Crippen molar-refractivity contribution in [3.8, 4) is 0 Å². The number of ether oxygens (including phenoxy) is 2. The summed E-state index contributed by atoms with van der Waals surface area (Å²) in [4.78, 5) is 24.2. The lowest BCUT2D eigenvalue weighted by molar-refractivity contribution is -0.161. The Labute approximate surface area is 319 Å². The van der Waals surface area contributed by atoms with Gasteiger partial charge >= 0.3 is 11.9 Å². The van der Waals surface area contributed by atoms with Crippen LogP contribution in [0.4, 0.5) is 0 Å². The molecule has 0 saturated heterocycles. The van der Waals surface area contributed by atoms with Crippen molar-refractivity contribution in [3.05, 3.63) is 97.2 Å². The SMILES string of the molecule is CCCCC/C=C/C/C=C/C/C=C/C/C=C/CCCC(=O)OC[C@H](CO)OC(=O)CCC/C=C/C/C=C/C/C=C/C/C=C/CCCCCCCCC. The molecule has 0 aromatic carbocycles. The predicted molar refractivity (Wildman–Crippen MR) is 223 cm³/mol. The minimum atomic E-state index is -0.828. The molecule has 0 amide bonds. The van der Waals surface area contributed by atoms with E-state index in [1.807, 2.05) is 0 Å². The molecule has 52 heavy (non-hydrogen) atoms. The summed E-state index contributed by atoms with van der Waals surface area (Å²) < 4.78 is 10.5. The first-order valence-corrected chi connectivity index (χ1v) is 20.8. The minimum absolute atomic E-state index is 0.122. The Bertz CT molecular complexity index is 1040. The van der Waals surface area contributed by atoms with Crippen molar-refractivity contribution in [3.63, 3.8) is 0 Å². The van der Waals surface area contributed by atoms with Crippen molar-refractivity contribution in [1.82, 2.24) is 0 Å². The van der Waals surface area contributed by atoms with Crippen LogP contribution in [0.25, 0.3) is 0 Å². The number of carbonyl (C=O) groups is 2. The van der Waals surface area contributed by atoms with E-state index in [-0.39, 0.29) is 31.6 Å². The first kappa shape index (κ1) is 48.8. The van der Waals surface area contributed by atoms with E-state index in [0.717, 1.165) is 51.4 Å². The highest BCUT2D eigenvalue weighted by molar-refractivity contribution is 5.70. The van der Waals surface area contributed by atoms with Gasteiger partial charge in [0.05, 0.1) is 6.61 Å². The fourth-order valence-electron chi connectivity index (χ4n) is 5.18. The molecule has 294 valence electrons. The summed E-state index contributed by atoms with van der Waals surface area (Å²) in [6.45, 7) is 4.00. The summed E-state index contributed by atoms with van der Waals surface area (Å²) in [5.41, 5.74) is 0. The first-order chi connectivity index (χ1) is 25.6. The summed E-state index contributed by atoms with van der Waals surface area (Å²) in [5, 5.41) is 9.55. The number of esters is 2. The highest BCUT2D eigenvalue weighted by Crippen LogP contribution is 2.09. The molecule has 0 aliphatic carbocycles. The molecule has 0 aliphatic rings. The van der Waals surface area contributed by atoms with E-state index in [2.05, 4.69) is 111 Å². The lowest BCUT2D eigenvalue weighted by atomic mass is 10.1. The Kier molecular flexibility index (Phi) is 39.7. The van der Waals surface area contributed by atoms with Gasteiger partial charge in [0.25, 0.3) is 0 Å². The van der Waals surface area contributed by atoms with Crippen molar-refractivity contribution < 1.29 is 24.2 Å². The second kappa shape index (κ2) is 42.2. The van der Waals surface area contributed by atoms with Crippen molar-refractivity contribution >= 4 is 11.9 Å². The van der Waals surface area contributed by atoms with Gasteiger partial charge in [-0.3, -0.25) is 9.59 Å². The Morgan fingerprint density at radius 3 is 1.19 bits per heavy atom. The van der Waals surface area contributed by atoms with E-state index < -0.39 is 6.10 Å². The Morgan fingerprint density at radius 1 is 0.442 bits per heavy atom. The number of rotatable bonds is 36. The second-order valence-electron chi connectivity index (χ2n) is 13.4. The van der Waals surface area contributed by atoms with Gasteiger partial charge in [0, 0.05) is 12.8 Å². The lowest BCUT2D eigenvalue weighted by Crippen LogP contribution is -2.28. The maximum Gasteiger partial charge on any atom is 0.306 e. The smallest absolute Gasteiger partial charge is 0.306 e. The molecule has 1 atom stereocenters. The van der Waals surface area contributed by atoms with Crippen LogP contribution in [0.1, 0.15) is 168 Å². The molecule has 5 nitrogen and oxygen atoms in total. The molecule has 0 saturated carbocycles. The molecule has 5 heteroatoms. The number of unbranched alkanes of at least 4 members (excludes halogenated alkanes) is 12. The molecule has 0 rings (SSSR count). The van der Waals surface area contributed by atoms with Crippen LogP contribution in [0.3, 0.4) is 0 Å². The topological polar surface area (TPSA) is 72.8 Å². The zero-order valence-corrected chi connectivity index (χ0v) is 33.3. The molecule has 0 radical (unpaired) electrons. The van der Waals surface area contributed by atoms with Crippen LogP contribution < -0.4 is 0 Å². The van der Waals surface area contributed by atoms with Gasteiger partial charge in [0.2, 0.25) is 0 Å². The van der Waals surface area contributed by atoms with Gasteiger partial charge in [-0.1, -0.05) is 162 Å². The van der Waals surface area contributed by atoms with E-state index in [4.69, 9.17) is 9.47 Å². The zero-order valence-electron chi connectivity index (χ0n) is 33.3.